The molecule has 45 heavy (non-hydrogen) atoms. The summed E-state index contributed by atoms with van der Waals surface area (Å²) in [7, 11) is 0. The Morgan fingerprint density at radius 2 is 0.533 bits per heavy atom. The number of ether oxygens (including phenoxy) is 4. The summed E-state index contributed by atoms with van der Waals surface area (Å²) in [6.07, 6.45) is 0. The van der Waals surface area contributed by atoms with Crippen molar-refractivity contribution < 1.29 is 81.1 Å². The van der Waals surface area contributed by atoms with Crippen LogP contribution in [0.4, 0.5) is 0 Å². The average molecular weight is 765 g/mol. The third-order valence-corrected chi connectivity index (χ3v) is 5.93. The second-order valence-corrected chi connectivity index (χ2v) is 16.1. The third kappa shape index (κ3) is 16.2. The molecule has 4 aliphatic heterocycles. The van der Waals surface area contributed by atoms with Gasteiger partial charge in [0.15, 0.2) is 23.6 Å². The normalized spacial score (nSPS) is 22.3. The Balaban J connectivity index is 0.000000569. The van der Waals surface area contributed by atoms with Gasteiger partial charge in [0.25, 0.3) is 0 Å². The Kier molecular flexibility index (Phi) is 14.8. The fourth-order valence-electron chi connectivity index (χ4n) is 3.57. The van der Waals surface area contributed by atoms with Crippen LogP contribution in [0.25, 0.3) is 0 Å². The number of hydrogen-bond acceptors (Lipinski definition) is 12. The van der Waals surface area contributed by atoms with Gasteiger partial charge in [-0.05, 0) is 77.8 Å². The van der Waals surface area contributed by atoms with Crippen LogP contribution < -0.4 is 20.4 Å². The molecule has 0 unspecified atom stereocenters. The molecule has 0 aromatic rings. The standard InChI is InChI=1S/4C8H14NO2.Ce/c4*1-7(2)5-11-6(9-7)8(3,4)10;/h4*5H2,1-4H3;/q4*-1;+4. The largest absolute Gasteiger partial charge is 4.00 e. The minimum atomic E-state index is -1.19. The molecule has 4 aliphatic rings. The molecule has 0 amide bonds. The molecule has 0 atom stereocenters. The van der Waals surface area contributed by atoms with Crippen LogP contribution in [0.1, 0.15) is 111 Å². The van der Waals surface area contributed by atoms with Crippen LogP contribution in [-0.2, 0) is 18.9 Å². The van der Waals surface area contributed by atoms with E-state index in [-0.39, 0.29) is 63.9 Å². The molecular weight excluding hydrogens is 708 g/mol. The molecule has 0 aromatic heterocycles. The first-order valence-electron chi connectivity index (χ1n) is 15.0. The Bertz CT molecular complexity index is 938. The molecule has 13 heteroatoms. The van der Waals surface area contributed by atoms with Crippen molar-refractivity contribution in [1.82, 2.24) is 0 Å². The van der Waals surface area contributed by atoms with E-state index in [1.807, 2.05) is 55.4 Å². The van der Waals surface area contributed by atoms with Crippen molar-refractivity contribution in [3.63, 3.8) is 0 Å². The predicted octanol–water partition coefficient (Wildman–Crippen LogP) is 1.33. The third-order valence-electron chi connectivity index (χ3n) is 5.93. The maximum atomic E-state index is 11.3. The van der Waals surface area contributed by atoms with Crippen LogP contribution in [0.15, 0.2) is 20.0 Å². The summed E-state index contributed by atoms with van der Waals surface area (Å²) in [4.78, 5) is 16.7. The summed E-state index contributed by atoms with van der Waals surface area (Å²) in [6, 6.07) is 0. The van der Waals surface area contributed by atoms with Gasteiger partial charge in [-0.3, -0.25) is 0 Å². The smallest absolute Gasteiger partial charge is 0.843 e. The quantitative estimate of drug-likeness (QED) is 0.412. The zero-order chi connectivity index (χ0) is 34.8. The molecule has 256 valence electrons. The Labute approximate surface area is 304 Å². The summed E-state index contributed by atoms with van der Waals surface area (Å²) in [6.45, 7) is 30.2. The summed E-state index contributed by atoms with van der Waals surface area (Å²) < 4.78 is 20.7. The fourth-order valence-corrected chi connectivity index (χ4v) is 3.57. The molecule has 0 saturated heterocycles. The van der Waals surface area contributed by atoms with Gasteiger partial charge in [-0.15, -0.1) is 0 Å². The van der Waals surface area contributed by atoms with E-state index in [0.29, 0.717) is 50.0 Å². The van der Waals surface area contributed by atoms with Crippen molar-refractivity contribution in [2.75, 3.05) is 26.4 Å². The second kappa shape index (κ2) is 15.1. The van der Waals surface area contributed by atoms with E-state index in [1.54, 1.807) is 55.4 Å². The number of rotatable bonds is 4. The average Bonchev–Trinajstić information content (AvgIpc) is 3.53. The molecule has 4 rings (SSSR count). The van der Waals surface area contributed by atoms with Gasteiger partial charge >= 0.3 is 41.7 Å². The summed E-state index contributed by atoms with van der Waals surface area (Å²) in [5, 5.41) is 45.4. The molecule has 0 fully saturated rings. The molecule has 0 N–H and O–H groups in total. The van der Waals surface area contributed by atoms with E-state index in [2.05, 4.69) is 20.0 Å². The van der Waals surface area contributed by atoms with E-state index in [9.17, 15) is 20.4 Å². The minimum Gasteiger partial charge on any atom is -0.843 e. The van der Waals surface area contributed by atoms with Crippen LogP contribution in [0.2, 0.25) is 0 Å². The van der Waals surface area contributed by atoms with Gasteiger partial charge in [-0.1, -0.05) is 55.4 Å². The van der Waals surface area contributed by atoms with Crippen molar-refractivity contribution in [2.24, 2.45) is 20.0 Å². The van der Waals surface area contributed by atoms with Crippen LogP contribution in [-0.4, -0.2) is 94.6 Å². The van der Waals surface area contributed by atoms with Crippen molar-refractivity contribution in [2.45, 2.75) is 155 Å². The predicted molar refractivity (Wildman–Crippen MR) is 166 cm³/mol. The number of aliphatic imine (C=N–C) groups is 4. The van der Waals surface area contributed by atoms with Crippen molar-refractivity contribution in [1.29, 1.82) is 0 Å². The maximum Gasteiger partial charge on any atom is 4.00 e. The minimum absolute atomic E-state index is 0. The summed E-state index contributed by atoms with van der Waals surface area (Å²) >= 11 is 0. The molecule has 12 nitrogen and oxygen atoms in total. The Morgan fingerprint density at radius 1 is 0.400 bits per heavy atom. The van der Waals surface area contributed by atoms with E-state index in [0.717, 1.165) is 0 Å². The van der Waals surface area contributed by atoms with Gasteiger partial charge in [-0.25, -0.2) is 20.0 Å². The fraction of sp³-hybridized carbons (Fsp3) is 0.875. The van der Waals surface area contributed by atoms with Crippen LogP contribution in [0, 0.1) is 41.7 Å². The van der Waals surface area contributed by atoms with Crippen LogP contribution in [0.3, 0.4) is 0 Å². The molecule has 0 spiro atoms. The van der Waals surface area contributed by atoms with E-state index >= 15 is 0 Å². The summed E-state index contributed by atoms with van der Waals surface area (Å²) in [5.41, 5.74) is -5.59. The van der Waals surface area contributed by atoms with Crippen molar-refractivity contribution >= 4 is 23.6 Å². The number of hydrogen-bond donors (Lipinski definition) is 0. The maximum absolute atomic E-state index is 11.3. The molecular formula is C32H56CeN4O8. The van der Waals surface area contributed by atoms with E-state index in [4.69, 9.17) is 18.9 Å². The first-order valence-corrected chi connectivity index (χ1v) is 15.0. The Hall–Kier alpha value is -0.903. The molecule has 0 saturated carbocycles. The van der Waals surface area contributed by atoms with Crippen molar-refractivity contribution in [3.05, 3.63) is 0 Å². The van der Waals surface area contributed by atoms with Crippen LogP contribution in [0.5, 0.6) is 0 Å². The van der Waals surface area contributed by atoms with E-state index in [1.165, 1.54) is 0 Å². The van der Waals surface area contributed by atoms with Gasteiger partial charge in [0.05, 0.1) is 22.2 Å². The zero-order valence-corrected chi connectivity index (χ0v) is 33.5. The van der Waals surface area contributed by atoms with Gasteiger partial charge in [0, 0.05) is 0 Å². The molecule has 0 aromatic carbocycles. The zero-order valence-electron chi connectivity index (χ0n) is 30.4. The van der Waals surface area contributed by atoms with Gasteiger partial charge in [0.2, 0.25) is 0 Å². The molecule has 4 heterocycles. The van der Waals surface area contributed by atoms with E-state index < -0.39 is 22.4 Å². The van der Waals surface area contributed by atoms with Gasteiger partial charge in [0.1, 0.15) is 26.4 Å². The first kappa shape index (κ1) is 44.1. The van der Waals surface area contributed by atoms with Gasteiger partial charge < -0.3 is 39.4 Å². The van der Waals surface area contributed by atoms with Gasteiger partial charge in [-0.2, -0.15) is 0 Å². The summed E-state index contributed by atoms with van der Waals surface area (Å²) in [5.74, 6) is 1.34. The molecule has 0 bridgehead atoms. The molecule has 0 radical (unpaired) electrons. The number of nitrogens with zero attached hydrogens (tertiary/aromatic N) is 4. The van der Waals surface area contributed by atoms with Crippen LogP contribution >= 0.6 is 0 Å². The molecule has 0 aliphatic carbocycles. The van der Waals surface area contributed by atoms with Crippen molar-refractivity contribution in [3.8, 4) is 0 Å². The second-order valence-electron chi connectivity index (χ2n) is 16.1. The first-order chi connectivity index (χ1) is 19.2. The monoisotopic (exact) mass is 764 g/mol. The Morgan fingerprint density at radius 3 is 0.578 bits per heavy atom. The topological polar surface area (TPSA) is 179 Å². The SMILES string of the molecule is CC1(C)COC(C(C)(C)[O-])=N1.CC1(C)COC(C(C)(C)[O-])=N1.CC1(C)COC(C(C)(C)[O-])=N1.CC1(C)COC(C(C)(C)[O-])=N1.[Ce+4].